The summed E-state index contributed by atoms with van der Waals surface area (Å²) in [6.07, 6.45) is 2.05. The number of pyridine rings is 1. The highest BCUT2D eigenvalue weighted by Gasteiger charge is 2.04. The van der Waals surface area contributed by atoms with Crippen LogP contribution >= 0.6 is 11.3 Å². The first-order valence-electron chi connectivity index (χ1n) is 5.24. The predicted molar refractivity (Wildman–Crippen MR) is 70.4 cm³/mol. The quantitative estimate of drug-likeness (QED) is 0.872. The minimum Gasteiger partial charge on any atom is -0.373 e. The molecule has 0 aliphatic rings. The van der Waals surface area contributed by atoms with Gasteiger partial charge in [-0.25, -0.2) is 4.98 Å². The maximum Gasteiger partial charge on any atom is 0.229 e. The van der Waals surface area contributed by atoms with Gasteiger partial charge in [0.05, 0.1) is 18.3 Å². The lowest BCUT2D eigenvalue weighted by Crippen LogP contribution is -2.13. The van der Waals surface area contributed by atoms with Gasteiger partial charge in [0.2, 0.25) is 5.91 Å². The van der Waals surface area contributed by atoms with Gasteiger partial charge in [-0.15, -0.1) is 11.3 Å². The van der Waals surface area contributed by atoms with Gasteiger partial charge in [0, 0.05) is 11.9 Å². The molecule has 2 rings (SSSR count). The molecule has 0 unspecified atom stereocenters. The van der Waals surface area contributed by atoms with Crippen molar-refractivity contribution in [3.8, 4) is 0 Å². The highest BCUT2D eigenvalue weighted by molar-refractivity contribution is 7.10. The Balaban J connectivity index is 1.93. The van der Waals surface area contributed by atoms with E-state index in [0.717, 1.165) is 10.7 Å². The summed E-state index contributed by atoms with van der Waals surface area (Å²) in [6, 6.07) is 7.54. The minimum absolute atomic E-state index is 0.0218. The zero-order valence-corrected chi connectivity index (χ0v) is 10.3. The Morgan fingerprint density at radius 2 is 2.29 bits per heavy atom. The van der Waals surface area contributed by atoms with Gasteiger partial charge in [-0.2, -0.15) is 0 Å². The van der Waals surface area contributed by atoms with Crippen LogP contribution in [0.1, 0.15) is 4.88 Å². The zero-order chi connectivity index (χ0) is 12.1. The monoisotopic (exact) mass is 247 g/mol. The molecule has 0 spiro atoms. The van der Waals surface area contributed by atoms with Crippen molar-refractivity contribution in [3.05, 3.63) is 40.7 Å². The molecule has 4 nitrogen and oxygen atoms in total. The Morgan fingerprint density at radius 1 is 1.41 bits per heavy atom. The minimum atomic E-state index is -0.0218. The largest absolute Gasteiger partial charge is 0.373 e. The number of aromatic nitrogens is 1. The predicted octanol–water partition coefficient (Wildman–Crippen LogP) is 2.37. The second-order valence-corrected chi connectivity index (χ2v) is 4.52. The van der Waals surface area contributed by atoms with E-state index in [2.05, 4.69) is 15.6 Å². The fraction of sp³-hybridized carbons (Fsp3) is 0.167. The van der Waals surface area contributed by atoms with Crippen LogP contribution in [0.25, 0.3) is 0 Å². The van der Waals surface area contributed by atoms with Crippen LogP contribution in [-0.4, -0.2) is 17.9 Å². The lowest BCUT2D eigenvalue weighted by Gasteiger charge is -2.04. The molecule has 0 aliphatic heterocycles. The summed E-state index contributed by atoms with van der Waals surface area (Å²) in [4.78, 5) is 16.9. The third kappa shape index (κ3) is 3.29. The third-order valence-corrected chi connectivity index (χ3v) is 3.09. The van der Waals surface area contributed by atoms with E-state index >= 15 is 0 Å². The molecule has 0 atom stereocenters. The molecule has 0 aliphatic carbocycles. The van der Waals surface area contributed by atoms with Gasteiger partial charge in [-0.1, -0.05) is 6.07 Å². The van der Waals surface area contributed by atoms with E-state index in [1.807, 2.05) is 29.6 Å². The van der Waals surface area contributed by atoms with Crippen LogP contribution in [0.5, 0.6) is 0 Å². The standard InChI is InChI=1S/C12H13N3OS/c1-13-11-5-4-9(8-14-11)15-12(16)7-10-3-2-6-17-10/h2-6,8H,7H2,1H3,(H,13,14)(H,15,16). The van der Waals surface area contributed by atoms with Crippen molar-refractivity contribution >= 4 is 28.7 Å². The van der Waals surface area contributed by atoms with Crippen LogP contribution in [0.15, 0.2) is 35.8 Å². The van der Waals surface area contributed by atoms with Gasteiger partial charge in [0.25, 0.3) is 0 Å². The molecule has 17 heavy (non-hydrogen) atoms. The van der Waals surface area contributed by atoms with Gasteiger partial charge in [0.15, 0.2) is 0 Å². The van der Waals surface area contributed by atoms with E-state index in [0.29, 0.717) is 12.1 Å². The molecule has 0 radical (unpaired) electrons. The molecule has 88 valence electrons. The zero-order valence-electron chi connectivity index (χ0n) is 9.43. The van der Waals surface area contributed by atoms with Crippen molar-refractivity contribution in [2.45, 2.75) is 6.42 Å². The molecule has 2 heterocycles. The topological polar surface area (TPSA) is 54.0 Å². The molecule has 0 fully saturated rings. The third-order valence-electron chi connectivity index (χ3n) is 2.22. The molecule has 0 bridgehead atoms. The van der Waals surface area contributed by atoms with Gasteiger partial charge < -0.3 is 10.6 Å². The Kier molecular flexibility index (Phi) is 3.72. The van der Waals surface area contributed by atoms with E-state index in [4.69, 9.17) is 0 Å². The molecule has 1 amide bonds. The van der Waals surface area contributed by atoms with E-state index in [-0.39, 0.29) is 5.91 Å². The van der Waals surface area contributed by atoms with Crippen LogP contribution in [0, 0.1) is 0 Å². The number of anilines is 2. The fourth-order valence-corrected chi connectivity index (χ4v) is 2.10. The molecule has 0 saturated heterocycles. The van der Waals surface area contributed by atoms with Crippen molar-refractivity contribution in [1.82, 2.24) is 4.98 Å². The summed E-state index contributed by atoms with van der Waals surface area (Å²) in [7, 11) is 1.80. The van der Waals surface area contributed by atoms with Crippen LogP contribution in [-0.2, 0) is 11.2 Å². The van der Waals surface area contributed by atoms with Crippen molar-refractivity contribution in [3.63, 3.8) is 0 Å². The summed E-state index contributed by atoms with van der Waals surface area (Å²) in [6.45, 7) is 0. The first-order chi connectivity index (χ1) is 8.28. The summed E-state index contributed by atoms with van der Waals surface area (Å²) < 4.78 is 0. The highest BCUT2D eigenvalue weighted by Crippen LogP contribution is 2.12. The maximum absolute atomic E-state index is 11.7. The summed E-state index contributed by atoms with van der Waals surface area (Å²) in [5, 5.41) is 7.69. The van der Waals surface area contributed by atoms with Crippen LogP contribution in [0.3, 0.4) is 0 Å². The fourth-order valence-electron chi connectivity index (χ4n) is 1.39. The van der Waals surface area contributed by atoms with Crippen LogP contribution in [0.2, 0.25) is 0 Å². The van der Waals surface area contributed by atoms with E-state index < -0.39 is 0 Å². The van der Waals surface area contributed by atoms with Crippen molar-refractivity contribution in [2.75, 3.05) is 17.7 Å². The lowest BCUT2D eigenvalue weighted by atomic mass is 10.3. The second-order valence-electron chi connectivity index (χ2n) is 3.49. The number of hydrogen-bond acceptors (Lipinski definition) is 4. The number of hydrogen-bond donors (Lipinski definition) is 2. The SMILES string of the molecule is CNc1ccc(NC(=O)Cc2cccs2)cn1. The number of carbonyl (C=O) groups excluding carboxylic acids is 1. The van der Waals surface area contributed by atoms with Gasteiger partial charge >= 0.3 is 0 Å². The number of amides is 1. The van der Waals surface area contributed by atoms with E-state index in [9.17, 15) is 4.79 Å². The van der Waals surface area contributed by atoms with Crippen LogP contribution in [0.4, 0.5) is 11.5 Å². The molecule has 2 N–H and O–H groups in total. The number of rotatable bonds is 4. The van der Waals surface area contributed by atoms with Crippen molar-refractivity contribution in [2.24, 2.45) is 0 Å². The second kappa shape index (κ2) is 5.45. The number of carbonyl (C=O) groups is 1. The molecule has 0 saturated carbocycles. The normalized spacial score (nSPS) is 9.94. The number of nitrogens with zero attached hydrogens (tertiary/aromatic N) is 1. The van der Waals surface area contributed by atoms with Crippen LogP contribution < -0.4 is 10.6 Å². The Bertz CT molecular complexity index is 479. The Morgan fingerprint density at radius 3 is 2.88 bits per heavy atom. The van der Waals surface area contributed by atoms with Gasteiger partial charge in [-0.3, -0.25) is 4.79 Å². The molecule has 2 aromatic rings. The Labute approximate surface area is 104 Å². The molecule has 0 aromatic carbocycles. The Hall–Kier alpha value is -1.88. The summed E-state index contributed by atoms with van der Waals surface area (Å²) in [5.41, 5.74) is 0.713. The summed E-state index contributed by atoms with van der Waals surface area (Å²) >= 11 is 1.58. The molecule has 5 heteroatoms. The average molecular weight is 247 g/mol. The molecule has 2 aromatic heterocycles. The van der Waals surface area contributed by atoms with E-state index in [1.54, 1.807) is 24.6 Å². The van der Waals surface area contributed by atoms with E-state index in [1.165, 1.54) is 0 Å². The average Bonchev–Trinajstić information content (AvgIpc) is 2.82. The first-order valence-corrected chi connectivity index (χ1v) is 6.12. The van der Waals surface area contributed by atoms with Crippen molar-refractivity contribution < 1.29 is 4.79 Å². The smallest absolute Gasteiger partial charge is 0.229 e. The first kappa shape index (κ1) is 11.6. The lowest BCUT2D eigenvalue weighted by molar-refractivity contribution is -0.115. The van der Waals surface area contributed by atoms with Gasteiger partial charge in [0.1, 0.15) is 5.82 Å². The highest BCUT2D eigenvalue weighted by atomic mass is 32.1. The molecular weight excluding hydrogens is 234 g/mol. The number of thiophene rings is 1. The van der Waals surface area contributed by atoms with Gasteiger partial charge in [-0.05, 0) is 23.6 Å². The summed E-state index contributed by atoms with van der Waals surface area (Å²) in [5.74, 6) is 0.757. The maximum atomic E-state index is 11.7. The number of nitrogens with one attached hydrogen (secondary N) is 2. The van der Waals surface area contributed by atoms with Crippen molar-refractivity contribution in [1.29, 1.82) is 0 Å². The molecular formula is C12H13N3OS.